The molecule has 3 N–H and O–H groups in total. The molecule has 0 spiro atoms. The van der Waals surface area contributed by atoms with Crippen LogP contribution in [0.25, 0.3) is 11.1 Å². The second kappa shape index (κ2) is 11.4. The number of nitrogens with zero attached hydrogens (tertiary/aromatic N) is 4. The normalized spacial score (nSPS) is 21.1. The van der Waals surface area contributed by atoms with Gasteiger partial charge in [0, 0.05) is 24.9 Å². The zero-order chi connectivity index (χ0) is 30.1. The van der Waals surface area contributed by atoms with Crippen molar-refractivity contribution < 1.29 is 24.2 Å². The van der Waals surface area contributed by atoms with E-state index < -0.39 is 17.3 Å². The number of rotatable bonds is 7. The van der Waals surface area contributed by atoms with Crippen molar-refractivity contribution in [3.8, 4) is 16.9 Å². The average molecular weight is 582 g/mol. The fourth-order valence-corrected chi connectivity index (χ4v) is 6.06. The molecule has 1 amide bonds. The van der Waals surface area contributed by atoms with Gasteiger partial charge in [-0.2, -0.15) is 0 Å². The molecule has 3 aromatic rings. The largest absolute Gasteiger partial charge is 0.507 e. The number of amidine groups is 1. The lowest BCUT2D eigenvalue weighted by Gasteiger charge is -2.40. The minimum absolute atomic E-state index is 0.0589. The lowest BCUT2D eigenvalue weighted by Crippen LogP contribution is -2.48. The van der Waals surface area contributed by atoms with Gasteiger partial charge in [0.25, 0.3) is 0 Å². The van der Waals surface area contributed by atoms with Gasteiger partial charge in [0.05, 0.1) is 16.9 Å². The van der Waals surface area contributed by atoms with Gasteiger partial charge in [-0.25, -0.2) is 19.4 Å². The Bertz CT molecular complexity index is 1630. The summed E-state index contributed by atoms with van der Waals surface area (Å²) in [4.78, 5) is 40.4. The molecule has 0 bridgehead atoms. The Morgan fingerprint density at radius 1 is 1.05 bits per heavy atom. The molecule has 10 heteroatoms. The summed E-state index contributed by atoms with van der Waals surface area (Å²) in [6, 6.07) is 18.8. The maximum atomic E-state index is 13.4. The van der Waals surface area contributed by atoms with Crippen LogP contribution in [0.5, 0.6) is 5.75 Å². The number of aliphatic imine (C=N–C) groups is 3. The molecule has 43 heavy (non-hydrogen) atoms. The van der Waals surface area contributed by atoms with E-state index in [0.29, 0.717) is 49.3 Å². The zero-order valence-corrected chi connectivity index (χ0v) is 23.7. The molecule has 0 aromatic heterocycles. The summed E-state index contributed by atoms with van der Waals surface area (Å²) in [6.07, 6.45) is 3.87. The second-order valence-corrected chi connectivity index (χ2v) is 11.4. The first kappa shape index (κ1) is 28.3. The lowest BCUT2D eigenvalue weighted by atomic mass is 9.73. The van der Waals surface area contributed by atoms with Crippen LogP contribution in [0, 0.1) is 11.2 Å². The topological polar surface area (TPSA) is 127 Å². The molecule has 1 saturated heterocycles. The maximum absolute atomic E-state index is 13.4. The summed E-state index contributed by atoms with van der Waals surface area (Å²) >= 11 is 0. The first-order valence-electron chi connectivity index (χ1n) is 14.3. The maximum Gasteiger partial charge on any atom is 0.310 e. The number of fused-ring (bicyclic) bond motifs is 1. The van der Waals surface area contributed by atoms with Gasteiger partial charge >= 0.3 is 5.97 Å². The van der Waals surface area contributed by atoms with Crippen LogP contribution in [-0.2, 0) is 16.0 Å². The van der Waals surface area contributed by atoms with Crippen molar-refractivity contribution >= 4 is 30.3 Å². The van der Waals surface area contributed by atoms with Gasteiger partial charge in [0.2, 0.25) is 5.91 Å². The molecule has 3 heterocycles. The molecule has 0 aliphatic carbocycles. The van der Waals surface area contributed by atoms with Gasteiger partial charge in [0.1, 0.15) is 29.8 Å². The lowest BCUT2D eigenvalue weighted by molar-refractivity contribution is -0.154. The van der Waals surface area contributed by atoms with E-state index in [4.69, 9.17) is 0 Å². The van der Waals surface area contributed by atoms with E-state index >= 15 is 0 Å². The van der Waals surface area contributed by atoms with E-state index in [0.717, 1.165) is 16.7 Å². The highest BCUT2D eigenvalue weighted by molar-refractivity contribution is 6.06. The Kier molecular flexibility index (Phi) is 7.52. The summed E-state index contributed by atoms with van der Waals surface area (Å²) < 4.78 is 13.3. The van der Waals surface area contributed by atoms with Gasteiger partial charge in [-0.05, 0) is 61.1 Å². The predicted molar refractivity (Wildman–Crippen MR) is 162 cm³/mol. The highest BCUT2D eigenvalue weighted by atomic mass is 19.1. The van der Waals surface area contributed by atoms with Crippen molar-refractivity contribution in [2.75, 3.05) is 13.1 Å². The Labute approximate surface area is 248 Å². The van der Waals surface area contributed by atoms with Crippen LogP contribution in [0.15, 0.2) is 81.7 Å². The van der Waals surface area contributed by atoms with Crippen LogP contribution in [0.1, 0.15) is 42.4 Å². The van der Waals surface area contributed by atoms with Gasteiger partial charge in [-0.3, -0.25) is 9.59 Å². The first-order chi connectivity index (χ1) is 20.7. The Morgan fingerprint density at radius 3 is 2.42 bits per heavy atom. The summed E-state index contributed by atoms with van der Waals surface area (Å²) in [5, 5.41) is 24.5. The number of halogens is 1. The number of likely N-dealkylation sites (tertiary alicyclic amines) is 1. The fourth-order valence-electron chi connectivity index (χ4n) is 6.06. The third kappa shape index (κ3) is 5.52. The first-order valence-corrected chi connectivity index (χ1v) is 14.3. The number of amides is 1. The van der Waals surface area contributed by atoms with E-state index in [9.17, 15) is 24.2 Å². The summed E-state index contributed by atoms with van der Waals surface area (Å²) in [5.41, 5.74) is 2.61. The summed E-state index contributed by atoms with van der Waals surface area (Å²) in [6.45, 7) is 2.53. The fraction of sp³-hybridized carbons (Fsp3) is 0.303. The molecule has 1 fully saturated rings. The summed E-state index contributed by atoms with van der Waals surface area (Å²) in [5.74, 6) is -1.08. The van der Waals surface area contributed by atoms with E-state index in [1.807, 2.05) is 43.3 Å². The highest BCUT2D eigenvalue weighted by Crippen LogP contribution is 2.38. The van der Waals surface area contributed by atoms with Crippen molar-refractivity contribution in [1.82, 2.24) is 10.2 Å². The van der Waals surface area contributed by atoms with Crippen molar-refractivity contribution in [2.45, 2.75) is 44.3 Å². The highest BCUT2D eigenvalue weighted by Gasteiger charge is 2.43. The number of nitrogens with one attached hydrogen (secondary N) is 1. The van der Waals surface area contributed by atoms with Crippen molar-refractivity contribution in [3.63, 3.8) is 0 Å². The molecule has 9 nitrogen and oxygen atoms in total. The minimum atomic E-state index is -0.992. The quantitative estimate of drug-likeness (QED) is 0.381. The number of phenolic OH excluding ortho intramolecular Hbond substituents is 1. The number of aliphatic carboxylic acids is 1. The molecule has 3 atom stereocenters. The smallest absolute Gasteiger partial charge is 0.310 e. The molecule has 0 saturated carbocycles. The second-order valence-electron chi connectivity index (χ2n) is 11.4. The number of carbonyl (C=O) groups excluding carboxylic acids is 1. The van der Waals surface area contributed by atoms with Crippen LogP contribution >= 0.6 is 0 Å². The van der Waals surface area contributed by atoms with Crippen LogP contribution in [0.3, 0.4) is 0 Å². The number of para-hydroxylation sites is 1. The Balaban J connectivity index is 1.12. The van der Waals surface area contributed by atoms with Crippen molar-refractivity contribution in [1.29, 1.82) is 0 Å². The van der Waals surface area contributed by atoms with Gasteiger partial charge in [0.15, 0.2) is 6.17 Å². The molecule has 3 aliphatic heterocycles. The number of carboxylic acids is 1. The molecule has 3 aliphatic rings. The third-order valence-corrected chi connectivity index (χ3v) is 8.74. The Hall–Kier alpha value is -4.86. The van der Waals surface area contributed by atoms with Crippen LogP contribution < -0.4 is 5.32 Å². The SMILES string of the molecule is CC(C(=O)N1CCC(Cc2ccc(F)cc2)(C(=O)O)CC1)c1ccc(-c2cccc(C3=NC4N=CN=CC4N3)c2O)cc1. The van der Waals surface area contributed by atoms with Crippen molar-refractivity contribution in [2.24, 2.45) is 20.4 Å². The van der Waals surface area contributed by atoms with Crippen molar-refractivity contribution in [3.05, 3.63) is 89.2 Å². The molecule has 0 radical (unpaired) electrons. The Morgan fingerprint density at radius 2 is 1.74 bits per heavy atom. The predicted octanol–water partition coefficient (Wildman–Crippen LogP) is 4.40. The number of hydrogen-bond donors (Lipinski definition) is 3. The van der Waals surface area contributed by atoms with E-state index in [-0.39, 0.29) is 29.7 Å². The van der Waals surface area contributed by atoms with E-state index in [1.165, 1.54) is 18.5 Å². The van der Waals surface area contributed by atoms with E-state index in [2.05, 4.69) is 20.3 Å². The molecular weight excluding hydrogens is 549 g/mol. The standard InChI is InChI=1S/C33H32FN5O4/c1-20(31(41)39-15-13-33(14-16-39,32(42)43)17-21-5-11-24(34)12-6-21)22-7-9-23(10-8-22)25-3-2-4-26(28(25)40)29-37-27-18-35-19-36-30(27)38-29/h2-12,18-20,27,30,40H,13-17H2,1H3,(H,37,38)(H,42,43). The summed E-state index contributed by atoms with van der Waals surface area (Å²) in [7, 11) is 0. The van der Waals surface area contributed by atoms with Gasteiger partial charge < -0.3 is 20.4 Å². The number of hydrogen-bond acceptors (Lipinski definition) is 7. The number of benzene rings is 3. The van der Waals surface area contributed by atoms with Crippen LogP contribution in [0.2, 0.25) is 0 Å². The number of piperidine rings is 1. The number of carbonyl (C=O) groups is 2. The average Bonchev–Trinajstić information content (AvgIpc) is 3.46. The minimum Gasteiger partial charge on any atom is -0.507 e. The monoisotopic (exact) mass is 581 g/mol. The molecule has 3 unspecified atom stereocenters. The van der Waals surface area contributed by atoms with Crippen LogP contribution in [0.4, 0.5) is 4.39 Å². The molecule has 3 aromatic carbocycles. The molecular formula is C33H32FN5O4. The number of aromatic hydroxyl groups is 1. The molecule has 6 rings (SSSR count). The zero-order valence-electron chi connectivity index (χ0n) is 23.7. The van der Waals surface area contributed by atoms with Gasteiger partial charge in [-0.15, -0.1) is 0 Å². The number of carboxylic acid groups (broad SMARTS) is 1. The van der Waals surface area contributed by atoms with Gasteiger partial charge in [-0.1, -0.05) is 48.5 Å². The van der Waals surface area contributed by atoms with E-state index in [1.54, 1.807) is 29.3 Å². The third-order valence-electron chi connectivity index (χ3n) is 8.74. The molecule has 220 valence electrons. The number of phenols is 1. The van der Waals surface area contributed by atoms with Crippen LogP contribution in [-0.4, -0.2) is 70.7 Å².